The zero-order valence-corrected chi connectivity index (χ0v) is 14.7. The fraction of sp³-hybridized carbons (Fsp3) is 0.238. The second-order valence-electron chi connectivity index (χ2n) is 6.21. The summed E-state index contributed by atoms with van der Waals surface area (Å²) in [4.78, 5) is 27.4. The molecule has 2 aromatic rings. The number of nitrogens with one attached hydrogen (secondary N) is 1. The van der Waals surface area contributed by atoms with Gasteiger partial charge in [-0.15, -0.1) is 6.58 Å². The highest BCUT2D eigenvalue weighted by Crippen LogP contribution is 2.28. The Hall–Kier alpha value is -3.08. The van der Waals surface area contributed by atoms with Crippen molar-refractivity contribution in [2.45, 2.75) is 18.5 Å². The van der Waals surface area contributed by atoms with Crippen LogP contribution in [0.15, 0.2) is 67.3 Å². The number of hydrogen-bond donors (Lipinski definition) is 1. The van der Waals surface area contributed by atoms with E-state index in [0.29, 0.717) is 18.7 Å². The lowest BCUT2D eigenvalue weighted by Gasteiger charge is -2.38. The zero-order chi connectivity index (χ0) is 18.5. The van der Waals surface area contributed by atoms with Crippen molar-refractivity contribution in [3.05, 3.63) is 78.4 Å². The molecule has 2 amide bonds. The number of benzene rings is 2. The maximum absolute atomic E-state index is 13.0. The highest BCUT2D eigenvalue weighted by atomic mass is 16.5. The van der Waals surface area contributed by atoms with E-state index in [-0.39, 0.29) is 11.8 Å². The molecule has 1 aliphatic heterocycles. The lowest BCUT2D eigenvalue weighted by atomic mass is 9.96. The largest absolute Gasteiger partial charge is 0.497 e. The number of amides is 2. The van der Waals surface area contributed by atoms with Gasteiger partial charge in [-0.1, -0.05) is 48.5 Å². The van der Waals surface area contributed by atoms with E-state index >= 15 is 0 Å². The summed E-state index contributed by atoms with van der Waals surface area (Å²) in [7, 11) is 1.59. The summed E-state index contributed by atoms with van der Waals surface area (Å²) in [6.45, 7) is 4.05. The van der Waals surface area contributed by atoms with Crippen molar-refractivity contribution in [3.8, 4) is 5.75 Å². The summed E-state index contributed by atoms with van der Waals surface area (Å²) < 4.78 is 5.16. The minimum absolute atomic E-state index is 0.103. The molecule has 2 atom stereocenters. The third kappa shape index (κ3) is 3.61. The van der Waals surface area contributed by atoms with E-state index in [1.54, 1.807) is 30.2 Å². The fourth-order valence-corrected chi connectivity index (χ4v) is 3.22. The van der Waals surface area contributed by atoms with E-state index in [2.05, 4.69) is 11.9 Å². The summed E-state index contributed by atoms with van der Waals surface area (Å²) >= 11 is 0. The SMILES string of the molecule is C=CCN1C(=O)C(Cc2ccccc2)NC(=O)C1c1ccc(OC)cc1. The van der Waals surface area contributed by atoms with E-state index in [9.17, 15) is 9.59 Å². The highest BCUT2D eigenvalue weighted by molar-refractivity contribution is 5.97. The molecule has 0 radical (unpaired) electrons. The van der Waals surface area contributed by atoms with E-state index in [1.165, 1.54) is 0 Å². The van der Waals surface area contributed by atoms with Crippen LogP contribution >= 0.6 is 0 Å². The number of ether oxygens (including phenoxy) is 1. The van der Waals surface area contributed by atoms with Gasteiger partial charge in [-0.25, -0.2) is 0 Å². The Morgan fingerprint density at radius 3 is 2.42 bits per heavy atom. The quantitative estimate of drug-likeness (QED) is 0.815. The monoisotopic (exact) mass is 350 g/mol. The molecule has 134 valence electrons. The van der Waals surface area contributed by atoms with Crippen molar-refractivity contribution in [3.63, 3.8) is 0 Å². The number of methoxy groups -OCH3 is 1. The van der Waals surface area contributed by atoms with Gasteiger partial charge in [0.05, 0.1) is 7.11 Å². The standard InChI is InChI=1S/C21H22N2O3/c1-3-13-23-19(16-9-11-17(26-2)12-10-16)20(24)22-18(21(23)25)14-15-7-5-4-6-8-15/h3-12,18-19H,1,13-14H2,2H3,(H,22,24). The number of carbonyl (C=O) groups excluding carboxylic acids is 2. The van der Waals surface area contributed by atoms with E-state index in [0.717, 1.165) is 11.1 Å². The molecule has 1 heterocycles. The smallest absolute Gasteiger partial charge is 0.248 e. The van der Waals surface area contributed by atoms with Gasteiger partial charge in [-0.2, -0.15) is 0 Å². The van der Waals surface area contributed by atoms with Crippen LogP contribution in [-0.4, -0.2) is 36.4 Å². The zero-order valence-electron chi connectivity index (χ0n) is 14.7. The molecule has 1 aliphatic rings. The van der Waals surface area contributed by atoms with E-state index in [1.807, 2.05) is 42.5 Å². The van der Waals surface area contributed by atoms with Gasteiger partial charge in [-0.3, -0.25) is 9.59 Å². The summed E-state index contributed by atoms with van der Waals surface area (Å²) in [5.41, 5.74) is 1.75. The predicted molar refractivity (Wildman–Crippen MR) is 99.7 cm³/mol. The number of nitrogens with zero attached hydrogens (tertiary/aromatic N) is 1. The lowest BCUT2D eigenvalue weighted by molar-refractivity contribution is -0.149. The fourth-order valence-electron chi connectivity index (χ4n) is 3.22. The molecule has 0 aliphatic carbocycles. The molecule has 3 rings (SSSR count). The molecule has 2 unspecified atom stereocenters. The predicted octanol–water partition coefficient (Wildman–Crippen LogP) is 2.49. The first kappa shape index (κ1) is 17.7. The van der Waals surface area contributed by atoms with Gasteiger partial charge in [0.15, 0.2) is 0 Å². The van der Waals surface area contributed by atoms with Gasteiger partial charge in [-0.05, 0) is 23.3 Å². The molecule has 0 bridgehead atoms. The molecular formula is C21H22N2O3. The van der Waals surface area contributed by atoms with Crippen LogP contribution in [0.2, 0.25) is 0 Å². The summed E-state index contributed by atoms with van der Waals surface area (Å²) in [6, 6.07) is 15.6. The molecule has 2 aromatic carbocycles. The maximum atomic E-state index is 13.0. The maximum Gasteiger partial charge on any atom is 0.248 e. The summed E-state index contributed by atoms with van der Waals surface area (Å²) in [5.74, 6) is 0.417. The Labute approximate surface area is 153 Å². The van der Waals surface area contributed by atoms with Crippen molar-refractivity contribution in [2.75, 3.05) is 13.7 Å². The molecule has 1 N–H and O–H groups in total. The number of rotatable bonds is 6. The van der Waals surface area contributed by atoms with Gasteiger partial charge in [0.25, 0.3) is 0 Å². The Bertz CT molecular complexity index is 787. The van der Waals surface area contributed by atoms with Crippen LogP contribution in [0, 0.1) is 0 Å². The highest BCUT2D eigenvalue weighted by Gasteiger charge is 2.40. The van der Waals surface area contributed by atoms with Crippen LogP contribution in [0.1, 0.15) is 17.2 Å². The van der Waals surface area contributed by atoms with Gasteiger partial charge in [0.1, 0.15) is 17.8 Å². The number of hydrogen-bond acceptors (Lipinski definition) is 3. The van der Waals surface area contributed by atoms with Crippen molar-refractivity contribution in [1.29, 1.82) is 0 Å². The first-order valence-electron chi connectivity index (χ1n) is 8.53. The minimum Gasteiger partial charge on any atom is -0.497 e. The average Bonchev–Trinajstić information content (AvgIpc) is 2.67. The minimum atomic E-state index is -0.668. The first-order chi connectivity index (χ1) is 12.6. The molecule has 1 saturated heterocycles. The van der Waals surface area contributed by atoms with Gasteiger partial charge in [0, 0.05) is 13.0 Å². The van der Waals surface area contributed by atoms with Crippen LogP contribution in [0.4, 0.5) is 0 Å². The van der Waals surface area contributed by atoms with Gasteiger partial charge >= 0.3 is 0 Å². The number of piperazine rings is 1. The third-order valence-electron chi connectivity index (χ3n) is 4.50. The third-order valence-corrected chi connectivity index (χ3v) is 4.50. The van der Waals surface area contributed by atoms with E-state index in [4.69, 9.17) is 4.74 Å². The van der Waals surface area contributed by atoms with Crippen LogP contribution in [0.5, 0.6) is 5.75 Å². The first-order valence-corrected chi connectivity index (χ1v) is 8.53. The topological polar surface area (TPSA) is 58.6 Å². The van der Waals surface area contributed by atoms with Crippen molar-refractivity contribution in [2.24, 2.45) is 0 Å². The number of carbonyl (C=O) groups is 2. The van der Waals surface area contributed by atoms with Crippen LogP contribution < -0.4 is 10.1 Å². The van der Waals surface area contributed by atoms with Crippen molar-refractivity contribution >= 4 is 11.8 Å². The van der Waals surface area contributed by atoms with Crippen LogP contribution in [0.25, 0.3) is 0 Å². The molecule has 1 fully saturated rings. The molecule has 5 nitrogen and oxygen atoms in total. The van der Waals surface area contributed by atoms with Gasteiger partial charge < -0.3 is 15.0 Å². The second-order valence-corrected chi connectivity index (χ2v) is 6.21. The van der Waals surface area contributed by atoms with Crippen molar-refractivity contribution in [1.82, 2.24) is 10.2 Å². The Morgan fingerprint density at radius 1 is 1.12 bits per heavy atom. The molecular weight excluding hydrogens is 328 g/mol. The average molecular weight is 350 g/mol. The Morgan fingerprint density at radius 2 is 1.81 bits per heavy atom. The van der Waals surface area contributed by atoms with Crippen LogP contribution in [0.3, 0.4) is 0 Å². The molecule has 0 spiro atoms. The molecule has 0 aromatic heterocycles. The molecule has 5 heteroatoms. The van der Waals surface area contributed by atoms with E-state index < -0.39 is 12.1 Å². The Kier molecular flexibility index (Phi) is 5.37. The van der Waals surface area contributed by atoms with Gasteiger partial charge in [0.2, 0.25) is 11.8 Å². The molecule has 0 saturated carbocycles. The summed E-state index contributed by atoms with van der Waals surface area (Å²) in [6.07, 6.45) is 2.11. The second kappa shape index (κ2) is 7.87. The normalized spacial score (nSPS) is 19.8. The van der Waals surface area contributed by atoms with Crippen molar-refractivity contribution < 1.29 is 14.3 Å². The molecule has 26 heavy (non-hydrogen) atoms. The van der Waals surface area contributed by atoms with Crippen LogP contribution in [-0.2, 0) is 16.0 Å². The Balaban J connectivity index is 1.86. The lowest BCUT2D eigenvalue weighted by Crippen LogP contribution is -2.60. The summed E-state index contributed by atoms with van der Waals surface area (Å²) in [5, 5.41) is 2.88.